The zero-order chi connectivity index (χ0) is 13.6. The van der Waals surface area contributed by atoms with Crippen LogP contribution in [0.1, 0.15) is 13.8 Å². The Morgan fingerprint density at radius 3 is 2.61 bits per heavy atom. The van der Waals surface area contributed by atoms with Gasteiger partial charge in [0.2, 0.25) is 10.0 Å². The van der Waals surface area contributed by atoms with Crippen molar-refractivity contribution < 1.29 is 13.2 Å². The van der Waals surface area contributed by atoms with Gasteiger partial charge in [-0.1, -0.05) is 12.1 Å². The molecule has 5 nitrogen and oxygen atoms in total. The molecule has 18 heavy (non-hydrogen) atoms. The molecule has 0 aliphatic carbocycles. The van der Waals surface area contributed by atoms with Gasteiger partial charge in [0.1, 0.15) is 4.90 Å². The van der Waals surface area contributed by atoms with Crippen molar-refractivity contribution in [2.75, 3.05) is 25.5 Å². The van der Waals surface area contributed by atoms with Crippen molar-refractivity contribution in [2.24, 2.45) is 0 Å². The predicted molar refractivity (Wildman–Crippen MR) is 72.3 cm³/mol. The fourth-order valence-corrected chi connectivity index (χ4v) is 2.46. The summed E-state index contributed by atoms with van der Waals surface area (Å²) in [6, 6.07) is 6.80. The van der Waals surface area contributed by atoms with Gasteiger partial charge in [-0.25, -0.2) is 13.1 Å². The van der Waals surface area contributed by atoms with Gasteiger partial charge in [-0.15, -0.1) is 0 Å². The fourth-order valence-electron chi connectivity index (χ4n) is 1.55. The molecule has 1 aromatic rings. The van der Waals surface area contributed by atoms with Crippen LogP contribution in [0.2, 0.25) is 0 Å². The quantitative estimate of drug-likeness (QED) is 0.788. The molecule has 6 heteroatoms. The molecule has 1 atom stereocenters. The van der Waals surface area contributed by atoms with E-state index in [-0.39, 0.29) is 11.0 Å². The first-order valence-electron chi connectivity index (χ1n) is 5.89. The molecule has 102 valence electrons. The highest BCUT2D eigenvalue weighted by Gasteiger charge is 2.16. The first-order chi connectivity index (χ1) is 8.51. The average molecular weight is 272 g/mol. The largest absolute Gasteiger partial charge is 0.381 e. The highest BCUT2D eigenvalue weighted by Crippen LogP contribution is 2.20. The van der Waals surface area contributed by atoms with Gasteiger partial charge in [-0.3, -0.25) is 0 Å². The summed E-state index contributed by atoms with van der Waals surface area (Å²) < 4.78 is 31.3. The molecule has 0 saturated heterocycles. The van der Waals surface area contributed by atoms with Crippen molar-refractivity contribution in [3.8, 4) is 0 Å². The van der Waals surface area contributed by atoms with Crippen LogP contribution >= 0.6 is 0 Å². The minimum atomic E-state index is -3.44. The molecule has 0 aliphatic heterocycles. The number of sulfonamides is 1. The van der Waals surface area contributed by atoms with Gasteiger partial charge in [0.05, 0.1) is 11.8 Å². The summed E-state index contributed by atoms with van der Waals surface area (Å²) in [5.41, 5.74) is 0.582. The number of hydrogen-bond acceptors (Lipinski definition) is 4. The number of benzene rings is 1. The van der Waals surface area contributed by atoms with Gasteiger partial charge in [0.15, 0.2) is 0 Å². The van der Waals surface area contributed by atoms with Crippen LogP contribution in [0.3, 0.4) is 0 Å². The predicted octanol–water partition coefficient (Wildman–Crippen LogP) is 1.43. The van der Waals surface area contributed by atoms with Gasteiger partial charge < -0.3 is 10.1 Å². The van der Waals surface area contributed by atoms with Crippen LogP contribution < -0.4 is 10.0 Å². The van der Waals surface area contributed by atoms with E-state index in [0.29, 0.717) is 18.8 Å². The maximum atomic E-state index is 11.8. The molecule has 1 unspecified atom stereocenters. The van der Waals surface area contributed by atoms with E-state index >= 15 is 0 Å². The molecule has 0 radical (unpaired) electrons. The van der Waals surface area contributed by atoms with Gasteiger partial charge in [0, 0.05) is 13.2 Å². The molecular weight excluding hydrogens is 252 g/mol. The van der Waals surface area contributed by atoms with Crippen molar-refractivity contribution >= 4 is 15.7 Å². The minimum absolute atomic E-state index is 0.0281. The first-order valence-corrected chi connectivity index (χ1v) is 7.37. The number of anilines is 1. The molecule has 0 aromatic heterocycles. The zero-order valence-corrected chi connectivity index (χ0v) is 11.8. The summed E-state index contributed by atoms with van der Waals surface area (Å²) in [5, 5.41) is 3.09. The third-order valence-corrected chi connectivity index (χ3v) is 3.95. The fraction of sp³-hybridized carbons (Fsp3) is 0.500. The third kappa shape index (κ3) is 3.97. The monoisotopic (exact) mass is 272 g/mol. The summed E-state index contributed by atoms with van der Waals surface area (Å²) in [6.45, 7) is 5.06. The molecule has 0 saturated carbocycles. The van der Waals surface area contributed by atoms with Gasteiger partial charge in [0.25, 0.3) is 0 Å². The van der Waals surface area contributed by atoms with Crippen LogP contribution in [0.4, 0.5) is 5.69 Å². The second kappa shape index (κ2) is 6.72. The van der Waals surface area contributed by atoms with E-state index in [4.69, 9.17) is 4.74 Å². The van der Waals surface area contributed by atoms with Crippen LogP contribution in [0.25, 0.3) is 0 Å². The average Bonchev–Trinajstić information content (AvgIpc) is 2.37. The molecule has 1 rings (SSSR count). The van der Waals surface area contributed by atoms with Crippen molar-refractivity contribution in [1.82, 2.24) is 4.72 Å². The second-order valence-corrected chi connectivity index (χ2v) is 5.71. The van der Waals surface area contributed by atoms with E-state index in [9.17, 15) is 8.42 Å². The van der Waals surface area contributed by atoms with Crippen LogP contribution in [-0.2, 0) is 14.8 Å². The lowest BCUT2D eigenvalue weighted by Gasteiger charge is -2.16. The molecule has 0 amide bonds. The van der Waals surface area contributed by atoms with Crippen LogP contribution in [0.15, 0.2) is 29.2 Å². The molecular formula is C12H20N2O3S. The number of ether oxygens (including phenoxy) is 1. The number of nitrogens with one attached hydrogen (secondary N) is 2. The lowest BCUT2D eigenvalue weighted by atomic mass is 10.3. The molecule has 2 N–H and O–H groups in total. The van der Waals surface area contributed by atoms with Gasteiger partial charge in [-0.05, 0) is 33.0 Å². The van der Waals surface area contributed by atoms with E-state index < -0.39 is 10.0 Å². The summed E-state index contributed by atoms with van der Waals surface area (Å²) in [4.78, 5) is 0.246. The highest BCUT2D eigenvalue weighted by atomic mass is 32.2. The maximum Gasteiger partial charge on any atom is 0.242 e. The summed E-state index contributed by atoms with van der Waals surface area (Å²) in [6.07, 6.45) is 0.0281. The highest BCUT2D eigenvalue weighted by molar-refractivity contribution is 7.89. The second-order valence-electron chi connectivity index (χ2n) is 3.85. The van der Waals surface area contributed by atoms with Gasteiger partial charge in [-0.2, -0.15) is 0 Å². The van der Waals surface area contributed by atoms with E-state index in [0.717, 1.165) is 0 Å². The van der Waals surface area contributed by atoms with Crippen LogP contribution in [0.5, 0.6) is 0 Å². The van der Waals surface area contributed by atoms with Crippen LogP contribution in [0, 0.1) is 0 Å². The minimum Gasteiger partial charge on any atom is -0.381 e. The van der Waals surface area contributed by atoms with E-state index in [1.807, 2.05) is 13.8 Å². The SMILES string of the molecule is CCOC(C)CNc1ccccc1S(=O)(=O)NC. The van der Waals surface area contributed by atoms with Crippen molar-refractivity contribution in [2.45, 2.75) is 24.8 Å². The number of para-hydroxylation sites is 1. The lowest BCUT2D eigenvalue weighted by molar-refractivity contribution is 0.0855. The Labute approximate surface area is 109 Å². The zero-order valence-electron chi connectivity index (χ0n) is 10.9. The Balaban J connectivity index is 2.84. The first kappa shape index (κ1) is 14.9. The molecule has 0 heterocycles. The Hall–Kier alpha value is -1.11. The van der Waals surface area contributed by atoms with Crippen molar-refractivity contribution in [3.63, 3.8) is 0 Å². The Morgan fingerprint density at radius 2 is 2.00 bits per heavy atom. The number of hydrogen-bond donors (Lipinski definition) is 2. The van der Waals surface area contributed by atoms with E-state index in [1.165, 1.54) is 7.05 Å². The van der Waals surface area contributed by atoms with Crippen LogP contribution in [-0.4, -0.2) is 34.7 Å². The topological polar surface area (TPSA) is 67.4 Å². The standard InChI is InChI=1S/C12H20N2O3S/c1-4-17-10(2)9-14-11-7-5-6-8-12(11)18(15,16)13-3/h5-8,10,13-14H,4,9H2,1-3H3. The van der Waals surface area contributed by atoms with Gasteiger partial charge >= 0.3 is 0 Å². The Bertz CT molecular complexity index is 474. The third-order valence-electron chi connectivity index (χ3n) is 2.48. The van der Waals surface area contributed by atoms with Crippen molar-refractivity contribution in [1.29, 1.82) is 0 Å². The molecule has 0 aliphatic rings. The smallest absolute Gasteiger partial charge is 0.242 e. The molecule has 0 fully saturated rings. The lowest BCUT2D eigenvalue weighted by Crippen LogP contribution is -2.23. The number of rotatable bonds is 7. The Kier molecular flexibility index (Phi) is 5.58. The summed E-state index contributed by atoms with van der Waals surface area (Å²) in [7, 11) is -2.04. The van der Waals surface area contributed by atoms with E-state index in [2.05, 4.69) is 10.0 Å². The van der Waals surface area contributed by atoms with Crippen molar-refractivity contribution in [3.05, 3.63) is 24.3 Å². The normalized spacial score (nSPS) is 13.3. The molecule has 0 spiro atoms. The van der Waals surface area contributed by atoms with E-state index in [1.54, 1.807) is 24.3 Å². The summed E-state index contributed by atoms with van der Waals surface area (Å²) >= 11 is 0. The molecule has 0 bridgehead atoms. The maximum absolute atomic E-state index is 11.8. The molecule has 1 aromatic carbocycles. The summed E-state index contributed by atoms with van der Waals surface area (Å²) in [5.74, 6) is 0. The Morgan fingerprint density at radius 1 is 1.33 bits per heavy atom.